The first-order valence-corrected chi connectivity index (χ1v) is 6.41. The van der Waals surface area contributed by atoms with E-state index in [1.54, 1.807) is 23.1 Å². The van der Waals surface area contributed by atoms with E-state index in [-0.39, 0.29) is 11.9 Å². The first-order chi connectivity index (χ1) is 6.76. The summed E-state index contributed by atoms with van der Waals surface area (Å²) in [6, 6.07) is 0. The van der Waals surface area contributed by atoms with Crippen LogP contribution in [0.1, 0.15) is 18.9 Å². The van der Waals surface area contributed by atoms with Gasteiger partial charge in [-0.15, -0.1) is 22.0 Å². The van der Waals surface area contributed by atoms with Crippen LogP contribution in [0.4, 0.5) is 5.13 Å². The van der Waals surface area contributed by atoms with E-state index in [0.717, 1.165) is 22.4 Å². The third-order valence-electron chi connectivity index (χ3n) is 1.54. The molecule has 80 valence electrons. The third kappa shape index (κ3) is 3.81. The largest absolute Gasteiger partial charge is 0.395 e. The number of rotatable bonds is 6. The number of aliphatic hydroxyl groups excluding tert-OH is 1. The molecular formula is C8H15N3OS2. The van der Waals surface area contributed by atoms with Gasteiger partial charge in [-0.25, -0.2) is 0 Å². The molecule has 1 unspecified atom stereocenters. The molecule has 1 aromatic rings. The van der Waals surface area contributed by atoms with E-state index in [9.17, 15) is 0 Å². The second-order valence-electron chi connectivity index (χ2n) is 2.84. The lowest BCUT2D eigenvalue weighted by molar-refractivity contribution is 0.300. The van der Waals surface area contributed by atoms with Crippen LogP contribution in [0.2, 0.25) is 0 Å². The molecule has 1 rings (SSSR count). The van der Waals surface area contributed by atoms with Crippen LogP contribution in [0, 0.1) is 0 Å². The van der Waals surface area contributed by atoms with Crippen molar-refractivity contribution in [3.63, 3.8) is 0 Å². The molecule has 0 radical (unpaired) electrons. The molecule has 1 atom stereocenters. The molecular weight excluding hydrogens is 218 g/mol. The summed E-state index contributed by atoms with van der Waals surface area (Å²) in [6.07, 6.45) is 0. The van der Waals surface area contributed by atoms with Gasteiger partial charge < -0.3 is 10.4 Å². The van der Waals surface area contributed by atoms with Crippen molar-refractivity contribution in [1.29, 1.82) is 0 Å². The van der Waals surface area contributed by atoms with Crippen molar-refractivity contribution in [3.8, 4) is 0 Å². The van der Waals surface area contributed by atoms with E-state index >= 15 is 0 Å². The average molecular weight is 233 g/mol. The van der Waals surface area contributed by atoms with Crippen LogP contribution in [-0.2, 0) is 5.75 Å². The Morgan fingerprint density at radius 3 is 3.00 bits per heavy atom. The standard InChI is InChI=1S/C8H15N3OS2/c1-3-9-8-11-10-7(14-8)5-13-6(2)4-12/h6,12H,3-5H2,1-2H3,(H,9,11). The van der Waals surface area contributed by atoms with Crippen LogP contribution in [0.5, 0.6) is 0 Å². The SMILES string of the molecule is CCNc1nnc(CSC(C)CO)s1. The highest BCUT2D eigenvalue weighted by Crippen LogP contribution is 2.22. The van der Waals surface area contributed by atoms with Crippen LogP contribution in [0.15, 0.2) is 0 Å². The van der Waals surface area contributed by atoms with Crippen LogP contribution in [0.25, 0.3) is 0 Å². The highest BCUT2D eigenvalue weighted by molar-refractivity contribution is 7.99. The fourth-order valence-electron chi connectivity index (χ4n) is 0.801. The van der Waals surface area contributed by atoms with Gasteiger partial charge in [0.15, 0.2) is 0 Å². The zero-order valence-corrected chi connectivity index (χ0v) is 9.99. The second kappa shape index (κ2) is 6.21. The minimum absolute atomic E-state index is 0.212. The summed E-state index contributed by atoms with van der Waals surface area (Å²) in [5.74, 6) is 0.824. The lowest BCUT2D eigenvalue weighted by Crippen LogP contribution is -2.02. The number of thioether (sulfide) groups is 1. The Hall–Kier alpha value is -0.330. The maximum Gasteiger partial charge on any atom is 0.205 e. The van der Waals surface area contributed by atoms with E-state index < -0.39 is 0 Å². The second-order valence-corrected chi connectivity index (χ2v) is 5.32. The number of nitrogens with one attached hydrogen (secondary N) is 1. The van der Waals surface area contributed by atoms with E-state index in [1.165, 1.54) is 0 Å². The molecule has 0 fully saturated rings. The van der Waals surface area contributed by atoms with Gasteiger partial charge in [-0.3, -0.25) is 0 Å². The van der Waals surface area contributed by atoms with E-state index in [2.05, 4.69) is 15.5 Å². The Balaban J connectivity index is 2.35. The fraction of sp³-hybridized carbons (Fsp3) is 0.750. The smallest absolute Gasteiger partial charge is 0.205 e. The molecule has 0 bridgehead atoms. The van der Waals surface area contributed by atoms with Crippen molar-refractivity contribution >= 4 is 28.2 Å². The van der Waals surface area contributed by atoms with Crippen molar-refractivity contribution in [1.82, 2.24) is 10.2 Å². The minimum Gasteiger partial charge on any atom is -0.395 e. The zero-order chi connectivity index (χ0) is 10.4. The van der Waals surface area contributed by atoms with Gasteiger partial charge in [0, 0.05) is 17.5 Å². The number of aromatic nitrogens is 2. The molecule has 0 aliphatic rings. The Morgan fingerprint density at radius 1 is 1.57 bits per heavy atom. The van der Waals surface area contributed by atoms with Crippen LogP contribution in [-0.4, -0.2) is 33.7 Å². The summed E-state index contributed by atoms with van der Waals surface area (Å²) in [5.41, 5.74) is 0. The Kier molecular flexibility index (Phi) is 5.21. The number of aliphatic hydroxyl groups is 1. The van der Waals surface area contributed by atoms with Crippen molar-refractivity contribution in [3.05, 3.63) is 5.01 Å². The first-order valence-electron chi connectivity index (χ1n) is 4.55. The predicted octanol–water partition coefficient (Wildman–Crippen LogP) is 1.58. The maximum atomic E-state index is 8.84. The van der Waals surface area contributed by atoms with Crippen LogP contribution < -0.4 is 5.32 Å². The Labute approximate surface area is 92.1 Å². The summed E-state index contributed by atoms with van der Waals surface area (Å²) < 4.78 is 0. The molecule has 0 aliphatic heterocycles. The van der Waals surface area contributed by atoms with Gasteiger partial charge in [0.25, 0.3) is 0 Å². The Bertz CT molecular complexity index is 267. The predicted molar refractivity (Wildman–Crippen MR) is 61.9 cm³/mol. The quantitative estimate of drug-likeness (QED) is 0.781. The van der Waals surface area contributed by atoms with Crippen LogP contribution in [0.3, 0.4) is 0 Å². The zero-order valence-electron chi connectivity index (χ0n) is 8.36. The maximum absolute atomic E-state index is 8.84. The summed E-state index contributed by atoms with van der Waals surface area (Å²) >= 11 is 3.27. The van der Waals surface area contributed by atoms with Gasteiger partial charge in [-0.1, -0.05) is 18.3 Å². The molecule has 0 saturated carbocycles. The van der Waals surface area contributed by atoms with E-state index in [4.69, 9.17) is 5.11 Å². The van der Waals surface area contributed by atoms with Gasteiger partial charge >= 0.3 is 0 Å². The van der Waals surface area contributed by atoms with Crippen molar-refractivity contribution in [2.75, 3.05) is 18.5 Å². The molecule has 1 aromatic heterocycles. The average Bonchev–Trinajstić information content (AvgIpc) is 2.63. The molecule has 0 amide bonds. The van der Waals surface area contributed by atoms with Gasteiger partial charge in [0.2, 0.25) is 5.13 Å². The minimum atomic E-state index is 0.212. The highest BCUT2D eigenvalue weighted by Gasteiger charge is 2.06. The number of hydrogen-bond acceptors (Lipinski definition) is 6. The molecule has 4 nitrogen and oxygen atoms in total. The summed E-state index contributed by atoms with van der Waals surface area (Å²) in [7, 11) is 0. The summed E-state index contributed by atoms with van der Waals surface area (Å²) in [5, 5.41) is 22.1. The summed E-state index contributed by atoms with van der Waals surface area (Å²) in [4.78, 5) is 0. The van der Waals surface area contributed by atoms with Crippen LogP contribution >= 0.6 is 23.1 Å². The van der Waals surface area contributed by atoms with Crippen molar-refractivity contribution < 1.29 is 5.11 Å². The number of nitrogens with zero attached hydrogens (tertiary/aromatic N) is 2. The fourth-order valence-corrected chi connectivity index (χ4v) is 2.43. The van der Waals surface area contributed by atoms with Gasteiger partial charge in [0.05, 0.1) is 6.61 Å². The molecule has 1 heterocycles. The molecule has 14 heavy (non-hydrogen) atoms. The lowest BCUT2D eigenvalue weighted by Gasteiger charge is -2.03. The summed E-state index contributed by atoms with van der Waals surface area (Å²) in [6.45, 7) is 5.11. The van der Waals surface area contributed by atoms with Gasteiger partial charge in [0.1, 0.15) is 5.01 Å². The molecule has 2 N–H and O–H groups in total. The normalized spacial score (nSPS) is 12.8. The van der Waals surface area contributed by atoms with E-state index in [1.807, 2.05) is 13.8 Å². The highest BCUT2D eigenvalue weighted by atomic mass is 32.2. The van der Waals surface area contributed by atoms with Crippen molar-refractivity contribution in [2.45, 2.75) is 24.9 Å². The van der Waals surface area contributed by atoms with Gasteiger partial charge in [-0.2, -0.15) is 0 Å². The molecule has 0 aliphatic carbocycles. The number of hydrogen-bond donors (Lipinski definition) is 2. The molecule has 0 saturated heterocycles. The Morgan fingerprint density at radius 2 is 2.36 bits per heavy atom. The first kappa shape index (κ1) is 11.7. The molecule has 0 aromatic carbocycles. The molecule has 6 heteroatoms. The topological polar surface area (TPSA) is 58.0 Å². The lowest BCUT2D eigenvalue weighted by atomic mass is 10.5. The monoisotopic (exact) mass is 233 g/mol. The number of anilines is 1. The van der Waals surface area contributed by atoms with Crippen molar-refractivity contribution in [2.24, 2.45) is 0 Å². The molecule has 0 spiro atoms. The third-order valence-corrected chi connectivity index (χ3v) is 3.77. The van der Waals surface area contributed by atoms with Gasteiger partial charge in [-0.05, 0) is 6.92 Å². The van der Waals surface area contributed by atoms with E-state index in [0.29, 0.717) is 0 Å².